The first-order valence-corrected chi connectivity index (χ1v) is 7.03. The van der Waals surface area contributed by atoms with Crippen molar-refractivity contribution in [3.8, 4) is 11.5 Å². The van der Waals surface area contributed by atoms with Crippen LogP contribution in [-0.2, 0) is 9.53 Å². The summed E-state index contributed by atoms with van der Waals surface area (Å²) >= 11 is 0. The standard InChI is InChI=1S/C16H16N2O5/c1-3-6-21-15(19)13-9(2)17-16(20)18-14(13)10-4-5-11-12(7-10)23-8-22-11/h3-5,7,13-14H,1-2,6,8H2,(H2,17,18,20)/t13-,14+/m1/s1. The van der Waals surface area contributed by atoms with E-state index < -0.39 is 24.0 Å². The number of benzene rings is 1. The highest BCUT2D eigenvalue weighted by Gasteiger charge is 2.39. The van der Waals surface area contributed by atoms with Gasteiger partial charge in [-0.1, -0.05) is 25.3 Å². The number of hydrogen-bond acceptors (Lipinski definition) is 5. The summed E-state index contributed by atoms with van der Waals surface area (Å²) < 4.78 is 15.7. The minimum absolute atomic E-state index is 0.0877. The van der Waals surface area contributed by atoms with Crippen LogP contribution in [0.4, 0.5) is 4.79 Å². The second-order valence-corrected chi connectivity index (χ2v) is 5.11. The van der Waals surface area contributed by atoms with Gasteiger partial charge in [0.25, 0.3) is 0 Å². The van der Waals surface area contributed by atoms with Gasteiger partial charge in [0.1, 0.15) is 12.5 Å². The summed E-state index contributed by atoms with van der Waals surface area (Å²) in [4.78, 5) is 24.1. The van der Waals surface area contributed by atoms with E-state index >= 15 is 0 Å². The molecule has 2 atom stereocenters. The summed E-state index contributed by atoms with van der Waals surface area (Å²) in [5, 5.41) is 5.24. The molecule has 1 aromatic rings. The maximum absolute atomic E-state index is 12.3. The van der Waals surface area contributed by atoms with Gasteiger partial charge in [0.15, 0.2) is 11.5 Å². The average molecular weight is 316 g/mol. The Morgan fingerprint density at radius 1 is 1.39 bits per heavy atom. The first-order chi connectivity index (χ1) is 11.1. The van der Waals surface area contributed by atoms with Crippen LogP contribution in [-0.4, -0.2) is 25.4 Å². The van der Waals surface area contributed by atoms with Gasteiger partial charge in [0.05, 0.1) is 6.04 Å². The monoisotopic (exact) mass is 316 g/mol. The number of rotatable bonds is 4. The smallest absolute Gasteiger partial charge is 0.319 e. The molecule has 2 aliphatic heterocycles. The van der Waals surface area contributed by atoms with E-state index in [2.05, 4.69) is 23.8 Å². The van der Waals surface area contributed by atoms with E-state index in [0.717, 1.165) is 0 Å². The van der Waals surface area contributed by atoms with Crippen molar-refractivity contribution < 1.29 is 23.8 Å². The SMILES string of the molecule is C=CCOC(=O)[C@@H]1C(=C)NC(=O)N[C@H]1c1ccc2c(c1)OCO2. The molecular weight excluding hydrogens is 300 g/mol. The maximum Gasteiger partial charge on any atom is 0.319 e. The first kappa shape index (κ1) is 15.0. The molecule has 2 N–H and O–H groups in total. The fraction of sp³-hybridized carbons (Fsp3) is 0.250. The summed E-state index contributed by atoms with van der Waals surface area (Å²) in [6.45, 7) is 7.51. The highest BCUT2D eigenvalue weighted by Crippen LogP contribution is 2.37. The summed E-state index contributed by atoms with van der Waals surface area (Å²) in [5.74, 6) is -0.0594. The van der Waals surface area contributed by atoms with E-state index in [1.54, 1.807) is 18.2 Å². The lowest BCUT2D eigenvalue weighted by molar-refractivity contribution is -0.147. The minimum Gasteiger partial charge on any atom is -0.461 e. The van der Waals surface area contributed by atoms with Crippen LogP contribution in [0.1, 0.15) is 11.6 Å². The normalized spacial score (nSPS) is 22.1. The van der Waals surface area contributed by atoms with E-state index in [0.29, 0.717) is 17.1 Å². The molecule has 0 saturated carbocycles. The predicted octanol–water partition coefficient (Wildman–Crippen LogP) is 1.63. The summed E-state index contributed by atoms with van der Waals surface area (Å²) in [6, 6.07) is 4.21. The molecule has 0 spiro atoms. The van der Waals surface area contributed by atoms with Gasteiger partial charge in [-0.25, -0.2) is 4.79 Å². The van der Waals surface area contributed by atoms with Crippen molar-refractivity contribution in [2.45, 2.75) is 6.04 Å². The molecule has 7 heteroatoms. The third-order valence-corrected chi connectivity index (χ3v) is 3.62. The second-order valence-electron chi connectivity index (χ2n) is 5.11. The van der Waals surface area contributed by atoms with E-state index in [1.165, 1.54) is 6.08 Å². The second kappa shape index (κ2) is 6.04. The lowest BCUT2D eigenvalue weighted by Crippen LogP contribution is -2.51. The first-order valence-electron chi connectivity index (χ1n) is 7.03. The molecule has 0 aromatic heterocycles. The van der Waals surface area contributed by atoms with Crippen molar-refractivity contribution in [1.82, 2.24) is 10.6 Å². The Labute approximate surface area is 132 Å². The van der Waals surface area contributed by atoms with E-state index in [9.17, 15) is 9.59 Å². The molecule has 7 nitrogen and oxygen atoms in total. The third-order valence-electron chi connectivity index (χ3n) is 3.62. The molecule has 0 aliphatic carbocycles. The van der Waals surface area contributed by atoms with Crippen LogP contribution >= 0.6 is 0 Å². The van der Waals surface area contributed by atoms with Gasteiger partial charge in [-0.05, 0) is 17.7 Å². The number of hydrogen-bond donors (Lipinski definition) is 2. The number of ether oxygens (including phenoxy) is 3. The molecule has 1 aromatic carbocycles. The molecule has 2 heterocycles. The van der Waals surface area contributed by atoms with Crippen molar-refractivity contribution in [3.63, 3.8) is 0 Å². The largest absolute Gasteiger partial charge is 0.461 e. The van der Waals surface area contributed by atoms with Crippen LogP contribution < -0.4 is 20.1 Å². The van der Waals surface area contributed by atoms with Gasteiger partial charge < -0.3 is 24.8 Å². The zero-order valence-electron chi connectivity index (χ0n) is 12.3. The molecule has 120 valence electrons. The molecule has 2 amide bonds. The van der Waals surface area contributed by atoms with Gasteiger partial charge in [-0.3, -0.25) is 4.79 Å². The number of carbonyl (C=O) groups excluding carboxylic acids is 2. The Morgan fingerprint density at radius 3 is 2.96 bits per heavy atom. The Kier molecular flexibility index (Phi) is 3.92. The van der Waals surface area contributed by atoms with E-state index in [4.69, 9.17) is 14.2 Å². The fourth-order valence-electron chi connectivity index (χ4n) is 2.58. The lowest BCUT2D eigenvalue weighted by Gasteiger charge is -2.33. The molecule has 1 fully saturated rings. The highest BCUT2D eigenvalue weighted by molar-refractivity contribution is 5.85. The fourth-order valence-corrected chi connectivity index (χ4v) is 2.58. The topological polar surface area (TPSA) is 85.9 Å². The van der Waals surface area contributed by atoms with Gasteiger partial charge in [-0.15, -0.1) is 0 Å². The highest BCUT2D eigenvalue weighted by atomic mass is 16.7. The van der Waals surface area contributed by atoms with Crippen LogP contribution in [0.25, 0.3) is 0 Å². The van der Waals surface area contributed by atoms with Gasteiger partial charge in [0, 0.05) is 5.70 Å². The van der Waals surface area contributed by atoms with Gasteiger partial charge >= 0.3 is 12.0 Å². The maximum atomic E-state index is 12.3. The van der Waals surface area contributed by atoms with E-state index in [1.807, 2.05) is 0 Å². The molecular formula is C16H16N2O5. The Morgan fingerprint density at radius 2 is 2.17 bits per heavy atom. The van der Waals surface area contributed by atoms with Crippen LogP contribution in [0.2, 0.25) is 0 Å². The molecule has 2 aliphatic rings. The van der Waals surface area contributed by atoms with Crippen molar-refractivity contribution in [3.05, 3.63) is 48.7 Å². The Hall–Kier alpha value is -2.96. The summed E-state index contributed by atoms with van der Waals surface area (Å²) in [7, 11) is 0. The average Bonchev–Trinajstić information content (AvgIpc) is 2.99. The number of nitrogens with one attached hydrogen (secondary N) is 2. The van der Waals surface area contributed by atoms with Crippen LogP contribution in [0.5, 0.6) is 11.5 Å². The van der Waals surface area contributed by atoms with Gasteiger partial charge in [-0.2, -0.15) is 0 Å². The lowest BCUT2D eigenvalue weighted by atomic mass is 9.89. The van der Waals surface area contributed by atoms with Crippen molar-refractivity contribution in [1.29, 1.82) is 0 Å². The Bertz CT molecular complexity index is 685. The van der Waals surface area contributed by atoms with Crippen LogP contribution in [0.15, 0.2) is 43.1 Å². The zero-order valence-corrected chi connectivity index (χ0v) is 12.3. The number of carbonyl (C=O) groups is 2. The molecule has 0 bridgehead atoms. The van der Waals surface area contributed by atoms with Crippen molar-refractivity contribution in [2.24, 2.45) is 5.92 Å². The third kappa shape index (κ3) is 2.85. The molecule has 3 rings (SSSR count). The molecule has 0 unspecified atom stereocenters. The molecule has 1 saturated heterocycles. The minimum atomic E-state index is -0.756. The van der Waals surface area contributed by atoms with E-state index in [-0.39, 0.29) is 19.1 Å². The number of esters is 1. The van der Waals surface area contributed by atoms with Gasteiger partial charge in [0.2, 0.25) is 6.79 Å². The molecule has 0 radical (unpaired) electrons. The number of fused-ring (bicyclic) bond motifs is 1. The van der Waals surface area contributed by atoms with Crippen molar-refractivity contribution in [2.75, 3.05) is 13.4 Å². The summed E-state index contributed by atoms with van der Waals surface area (Å²) in [6.07, 6.45) is 1.48. The van der Waals surface area contributed by atoms with Crippen molar-refractivity contribution >= 4 is 12.0 Å². The zero-order chi connectivity index (χ0) is 16.4. The Balaban J connectivity index is 1.91. The molecule has 23 heavy (non-hydrogen) atoms. The summed E-state index contributed by atoms with van der Waals surface area (Å²) in [5.41, 5.74) is 0.983. The van der Waals surface area contributed by atoms with Crippen LogP contribution in [0.3, 0.4) is 0 Å². The predicted molar refractivity (Wildman–Crippen MR) is 80.8 cm³/mol. The van der Waals surface area contributed by atoms with Crippen LogP contribution in [0, 0.1) is 5.92 Å². The number of amides is 2. The number of urea groups is 1. The quantitative estimate of drug-likeness (QED) is 0.651.